The van der Waals surface area contributed by atoms with Gasteiger partial charge in [-0.15, -0.1) is 0 Å². The number of hydrogen-bond acceptors (Lipinski definition) is 4. The lowest BCUT2D eigenvalue weighted by atomic mass is 10.0. The highest BCUT2D eigenvalue weighted by Gasteiger charge is 2.16. The minimum Gasteiger partial charge on any atom is -0.322 e. The van der Waals surface area contributed by atoms with E-state index in [1.54, 1.807) is 25.1 Å². The van der Waals surface area contributed by atoms with Gasteiger partial charge in [-0.25, -0.2) is 13.4 Å². The summed E-state index contributed by atoms with van der Waals surface area (Å²) in [7, 11) is -3.40. The lowest BCUT2D eigenvalue weighted by Gasteiger charge is -2.12. The fraction of sp³-hybridized carbons (Fsp3) is 0.0833. The summed E-state index contributed by atoms with van der Waals surface area (Å²) in [5.41, 5.74) is 3.85. The van der Waals surface area contributed by atoms with Gasteiger partial charge in [0, 0.05) is 22.9 Å². The maximum atomic E-state index is 13.2. The summed E-state index contributed by atoms with van der Waals surface area (Å²) in [5.74, 6) is -0.325. The van der Waals surface area contributed by atoms with Crippen LogP contribution in [0.1, 0.15) is 15.9 Å². The lowest BCUT2D eigenvalue weighted by Crippen LogP contribution is -2.14. The molecule has 0 spiro atoms. The number of amides is 1. The molecule has 0 aliphatic heterocycles. The number of carbonyl (C=O) groups excluding carboxylic acids is 1. The molecule has 0 aliphatic rings. The number of carbonyl (C=O) groups is 1. The van der Waals surface area contributed by atoms with Crippen molar-refractivity contribution in [3.63, 3.8) is 0 Å². The Morgan fingerprint density at radius 2 is 1.60 bits per heavy atom. The summed E-state index contributed by atoms with van der Waals surface area (Å²) in [6.07, 6.45) is 1.16. The SMILES string of the molecule is Cc1ccc(NC(=O)c2cc(-c3ccccc3)nc3ccccc23)cc1S(C)(=O)=O. The molecule has 3 aromatic carbocycles. The number of aromatic nitrogens is 1. The first-order valence-electron chi connectivity index (χ1n) is 9.40. The Morgan fingerprint density at radius 1 is 0.900 bits per heavy atom. The standard InChI is InChI=1S/C24H20N2O3S/c1-16-12-13-18(14-23(16)30(2,28)29)25-24(27)20-15-22(17-8-4-3-5-9-17)26-21-11-7-6-10-19(20)21/h3-15H,1-2H3,(H,25,27). The first kappa shape index (κ1) is 19.8. The van der Waals surface area contributed by atoms with Gasteiger partial charge in [-0.2, -0.15) is 0 Å². The molecule has 1 amide bonds. The van der Waals surface area contributed by atoms with E-state index in [9.17, 15) is 13.2 Å². The van der Waals surface area contributed by atoms with Crippen LogP contribution in [0.3, 0.4) is 0 Å². The number of pyridine rings is 1. The molecule has 1 N–H and O–H groups in total. The van der Waals surface area contributed by atoms with Crippen molar-refractivity contribution in [2.75, 3.05) is 11.6 Å². The molecule has 0 saturated carbocycles. The molecular formula is C24H20N2O3S. The second kappa shape index (κ2) is 7.72. The first-order valence-corrected chi connectivity index (χ1v) is 11.3. The van der Waals surface area contributed by atoms with E-state index in [1.165, 1.54) is 6.07 Å². The van der Waals surface area contributed by atoms with Crippen LogP contribution in [0, 0.1) is 6.92 Å². The quantitative estimate of drug-likeness (QED) is 0.515. The third-order valence-electron chi connectivity index (χ3n) is 4.88. The number of anilines is 1. The van der Waals surface area contributed by atoms with Crippen LogP contribution in [0.25, 0.3) is 22.2 Å². The van der Waals surface area contributed by atoms with Gasteiger partial charge in [0.15, 0.2) is 9.84 Å². The predicted molar refractivity (Wildman–Crippen MR) is 119 cm³/mol. The zero-order valence-electron chi connectivity index (χ0n) is 16.6. The number of hydrogen-bond donors (Lipinski definition) is 1. The lowest BCUT2D eigenvalue weighted by molar-refractivity contribution is 0.102. The summed E-state index contributed by atoms with van der Waals surface area (Å²) >= 11 is 0. The molecule has 5 nitrogen and oxygen atoms in total. The van der Waals surface area contributed by atoms with E-state index < -0.39 is 9.84 Å². The molecule has 4 aromatic rings. The molecule has 1 heterocycles. The minimum atomic E-state index is -3.40. The van der Waals surface area contributed by atoms with Gasteiger partial charge in [-0.3, -0.25) is 4.79 Å². The third-order valence-corrected chi connectivity index (χ3v) is 6.11. The van der Waals surface area contributed by atoms with Crippen LogP contribution in [0.4, 0.5) is 5.69 Å². The van der Waals surface area contributed by atoms with Crippen LogP contribution in [-0.2, 0) is 9.84 Å². The van der Waals surface area contributed by atoms with Gasteiger partial charge in [0.2, 0.25) is 0 Å². The molecule has 0 bridgehead atoms. The third kappa shape index (κ3) is 3.95. The Balaban J connectivity index is 1.79. The minimum absolute atomic E-state index is 0.199. The molecule has 150 valence electrons. The highest BCUT2D eigenvalue weighted by molar-refractivity contribution is 7.90. The van der Waals surface area contributed by atoms with Gasteiger partial charge >= 0.3 is 0 Å². The summed E-state index contributed by atoms with van der Waals surface area (Å²) in [6, 6.07) is 23.7. The summed E-state index contributed by atoms with van der Waals surface area (Å²) in [5, 5.41) is 3.56. The molecule has 0 unspecified atom stereocenters. The average molecular weight is 417 g/mol. The first-order chi connectivity index (χ1) is 14.3. The molecule has 0 fully saturated rings. The Morgan fingerprint density at radius 3 is 2.33 bits per heavy atom. The molecule has 0 saturated heterocycles. The Bertz CT molecular complexity index is 1360. The maximum absolute atomic E-state index is 13.2. The summed E-state index contributed by atoms with van der Waals surface area (Å²) in [6.45, 7) is 1.73. The van der Waals surface area contributed by atoms with E-state index in [0.29, 0.717) is 28.0 Å². The van der Waals surface area contributed by atoms with Crippen molar-refractivity contribution in [1.29, 1.82) is 0 Å². The molecule has 6 heteroatoms. The average Bonchev–Trinajstić information content (AvgIpc) is 2.74. The molecule has 1 aromatic heterocycles. The fourth-order valence-electron chi connectivity index (χ4n) is 3.40. The van der Waals surface area contributed by atoms with Crippen molar-refractivity contribution < 1.29 is 13.2 Å². The number of benzene rings is 3. The number of nitrogens with zero attached hydrogens (tertiary/aromatic N) is 1. The van der Waals surface area contributed by atoms with Crippen LogP contribution >= 0.6 is 0 Å². The number of rotatable bonds is 4. The topological polar surface area (TPSA) is 76.1 Å². The number of sulfone groups is 1. The number of para-hydroxylation sites is 1. The summed E-state index contributed by atoms with van der Waals surface area (Å²) < 4.78 is 24.0. The number of aryl methyl sites for hydroxylation is 1. The fourth-order valence-corrected chi connectivity index (χ4v) is 4.39. The van der Waals surface area contributed by atoms with E-state index >= 15 is 0 Å². The van der Waals surface area contributed by atoms with Crippen molar-refractivity contribution in [3.05, 3.63) is 90.0 Å². The Kier molecular flexibility index (Phi) is 5.10. The highest BCUT2D eigenvalue weighted by Crippen LogP contribution is 2.26. The van der Waals surface area contributed by atoms with Gasteiger partial charge in [-0.1, -0.05) is 54.6 Å². The smallest absolute Gasteiger partial charge is 0.256 e. The highest BCUT2D eigenvalue weighted by atomic mass is 32.2. The van der Waals surface area contributed by atoms with Crippen molar-refractivity contribution in [1.82, 2.24) is 4.98 Å². The van der Waals surface area contributed by atoms with Crippen molar-refractivity contribution >= 4 is 32.3 Å². The van der Waals surface area contributed by atoms with Crippen LogP contribution < -0.4 is 5.32 Å². The van der Waals surface area contributed by atoms with Crippen LogP contribution in [0.2, 0.25) is 0 Å². The molecular weight excluding hydrogens is 396 g/mol. The molecule has 0 atom stereocenters. The maximum Gasteiger partial charge on any atom is 0.256 e. The second-order valence-corrected chi connectivity index (χ2v) is 9.13. The molecule has 0 radical (unpaired) electrons. The zero-order chi connectivity index (χ0) is 21.3. The van der Waals surface area contributed by atoms with Crippen molar-refractivity contribution in [2.45, 2.75) is 11.8 Å². The molecule has 0 aliphatic carbocycles. The number of fused-ring (bicyclic) bond motifs is 1. The monoisotopic (exact) mass is 416 g/mol. The van der Waals surface area contributed by atoms with E-state index in [4.69, 9.17) is 4.98 Å². The normalized spacial score (nSPS) is 11.4. The Labute approximate surface area is 175 Å². The van der Waals surface area contributed by atoms with Gasteiger partial charge in [0.25, 0.3) is 5.91 Å². The Hall–Kier alpha value is -3.51. The zero-order valence-corrected chi connectivity index (χ0v) is 17.4. The largest absolute Gasteiger partial charge is 0.322 e. The molecule has 30 heavy (non-hydrogen) atoms. The van der Waals surface area contributed by atoms with E-state index in [1.807, 2.05) is 54.6 Å². The summed E-state index contributed by atoms with van der Waals surface area (Å²) in [4.78, 5) is 18.1. The van der Waals surface area contributed by atoms with Crippen LogP contribution in [0.15, 0.2) is 83.8 Å². The van der Waals surface area contributed by atoms with Gasteiger partial charge < -0.3 is 5.32 Å². The second-order valence-electron chi connectivity index (χ2n) is 7.14. The van der Waals surface area contributed by atoms with Gasteiger partial charge in [0.05, 0.1) is 21.7 Å². The predicted octanol–water partition coefficient (Wildman–Crippen LogP) is 4.87. The molecule has 4 rings (SSSR count). The van der Waals surface area contributed by atoms with Crippen LogP contribution in [0.5, 0.6) is 0 Å². The van der Waals surface area contributed by atoms with Crippen molar-refractivity contribution in [2.24, 2.45) is 0 Å². The van der Waals surface area contributed by atoms with E-state index in [-0.39, 0.29) is 10.8 Å². The van der Waals surface area contributed by atoms with Crippen molar-refractivity contribution in [3.8, 4) is 11.3 Å². The van der Waals surface area contributed by atoms with E-state index in [2.05, 4.69) is 5.32 Å². The van der Waals surface area contributed by atoms with E-state index in [0.717, 1.165) is 17.2 Å². The van der Waals surface area contributed by atoms with Crippen LogP contribution in [-0.4, -0.2) is 25.6 Å². The van der Waals surface area contributed by atoms with Gasteiger partial charge in [0.1, 0.15) is 0 Å². The number of nitrogens with one attached hydrogen (secondary N) is 1. The van der Waals surface area contributed by atoms with Gasteiger partial charge in [-0.05, 0) is 36.8 Å².